The molecule has 0 bridgehead atoms. The summed E-state index contributed by atoms with van der Waals surface area (Å²) in [5.41, 5.74) is 2.39. The SMILES string of the molecule is O=C(CCOc1ccccc1)NCc1ccc(CN2CCOCC2)cc1. The molecule has 1 N–H and O–H groups in total. The number of hydrogen-bond acceptors (Lipinski definition) is 4. The van der Waals surface area contributed by atoms with E-state index in [0.717, 1.165) is 44.2 Å². The Morgan fingerprint density at radius 1 is 1.00 bits per heavy atom. The molecule has 0 radical (unpaired) electrons. The quantitative estimate of drug-likeness (QED) is 0.792. The van der Waals surface area contributed by atoms with Crippen molar-refractivity contribution in [2.75, 3.05) is 32.9 Å². The number of morpholine rings is 1. The normalized spacial score (nSPS) is 14.8. The Labute approximate surface area is 154 Å². The van der Waals surface area contributed by atoms with Gasteiger partial charge in [0.15, 0.2) is 0 Å². The fourth-order valence-corrected chi connectivity index (χ4v) is 2.85. The van der Waals surface area contributed by atoms with Crippen LogP contribution in [0.3, 0.4) is 0 Å². The molecule has 5 nitrogen and oxygen atoms in total. The molecule has 1 heterocycles. The summed E-state index contributed by atoms with van der Waals surface area (Å²) in [5.74, 6) is 0.787. The maximum absolute atomic E-state index is 11.9. The summed E-state index contributed by atoms with van der Waals surface area (Å²) in [5, 5.41) is 2.94. The van der Waals surface area contributed by atoms with Gasteiger partial charge in [-0.3, -0.25) is 9.69 Å². The smallest absolute Gasteiger partial charge is 0.223 e. The highest BCUT2D eigenvalue weighted by atomic mass is 16.5. The van der Waals surface area contributed by atoms with Crippen LogP contribution in [0.25, 0.3) is 0 Å². The topological polar surface area (TPSA) is 50.8 Å². The van der Waals surface area contributed by atoms with Crippen LogP contribution in [0, 0.1) is 0 Å². The number of carbonyl (C=O) groups is 1. The first-order valence-electron chi connectivity index (χ1n) is 9.12. The molecule has 1 amide bonds. The van der Waals surface area contributed by atoms with Gasteiger partial charge in [0.1, 0.15) is 5.75 Å². The van der Waals surface area contributed by atoms with Crippen molar-refractivity contribution in [2.24, 2.45) is 0 Å². The summed E-state index contributed by atoms with van der Waals surface area (Å²) < 4.78 is 10.9. The number of amides is 1. The van der Waals surface area contributed by atoms with Crippen molar-refractivity contribution >= 4 is 5.91 Å². The minimum Gasteiger partial charge on any atom is -0.493 e. The molecular formula is C21H26N2O3. The van der Waals surface area contributed by atoms with E-state index < -0.39 is 0 Å². The molecule has 1 saturated heterocycles. The van der Waals surface area contributed by atoms with Gasteiger partial charge in [-0.15, -0.1) is 0 Å². The first-order chi connectivity index (χ1) is 12.8. The minimum absolute atomic E-state index is 0.00155. The van der Waals surface area contributed by atoms with Gasteiger partial charge < -0.3 is 14.8 Å². The highest BCUT2D eigenvalue weighted by molar-refractivity contribution is 5.75. The van der Waals surface area contributed by atoms with Gasteiger partial charge in [-0.25, -0.2) is 0 Å². The Bertz CT molecular complexity index is 667. The molecule has 2 aromatic carbocycles. The lowest BCUT2D eigenvalue weighted by molar-refractivity contribution is -0.121. The standard InChI is InChI=1S/C21H26N2O3/c24-21(10-13-26-20-4-2-1-3-5-20)22-16-18-6-8-19(9-7-18)17-23-11-14-25-15-12-23/h1-9H,10-17H2,(H,22,24). The average molecular weight is 354 g/mol. The van der Waals surface area contributed by atoms with E-state index in [-0.39, 0.29) is 5.91 Å². The summed E-state index contributed by atoms with van der Waals surface area (Å²) in [6.45, 7) is 5.49. The molecule has 0 atom stereocenters. The monoisotopic (exact) mass is 354 g/mol. The molecule has 5 heteroatoms. The van der Waals surface area contributed by atoms with Gasteiger partial charge in [0, 0.05) is 26.2 Å². The van der Waals surface area contributed by atoms with Crippen LogP contribution < -0.4 is 10.1 Å². The molecule has 0 saturated carbocycles. The summed E-state index contributed by atoms with van der Waals surface area (Å²) in [6, 6.07) is 18.0. The van der Waals surface area contributed by atoms with Crippen LogP contribution in [0.15, 0.2) is 54.6 Å². The maximum Gasteiger partial charge on any atom is 0.223 e. The largest absolute Gasteiger partial charge is 0.493 e. The third-order valence-corrected chi connectivity index (χ3v) is 4.36. The summed E-state index contributed by atoms with van der Waals surface area (Å²) in [6.07, 6.45) is 0.351. The Balaban J connectivity index is 1.35. The molecular weight excluding hydrogens is 328 g/mol. The van der Waals surface area contributed by atoms with Gasteiger partial charge in [0.05, 0.1) is 26.2 Å². The fourth-order valence-electron chi connectivity index (χ4n) is 2.85. The first-order valence-corrected chi connectivity index (χ1v) is 9.12. The van der Waals surface area contributed by atoms with E-state index in [1.54, 1.807) is 0 Å². The lowest BCUT2D eigenvalue weighted by atomic mass is 10.1. The van der Waals surface area contributed by atoms with Crippen LogP contribution in [0.1, 0.15) is 17.5 Å². The number of benzene rings is 2. The summed E-state index contributed by atoms with van der Waals surface area (Å²) >= 11 is 0. The first kappa shape index (κ1) is 18.4. The second kappa shape index (κ2) is 9.94. The zero-order valence-corrected chi connectivity index (χ0v) is 15.0. The Kier molecular flexibility index (Phi) is 7.05. The van der Waals surface area contributed by atoms with Crippen molar-refractivity contribution in [3.8, 4) is 5.75 Å². The zero-order chi connectivity index (χ0) is 18.0. The van der Waals surface area contributed by atoms with Gasteiger partial charge in [0.2, 0.25) is 5.91 Å². The van der Waals surface area contributed by atoms with E-state index in [1.165, 1.54) is 5.56 Å². The number of carbonyl (C=O) groups excluding carboxylic acids is 1. The van der Waals surface area contributed by atoms with Crippen molar-refractivity contribution in [2.45, 2.75) is 19.5 Å². The molecule has 0 spiro atoms. The predicted octanol–water partition coefficient (Wildman–Crippen LogP) is 2.60. The van der Waals surface area contributed by atoms with E-state index in [4.69, 9.17) is 9.47 Å². The Morgan fingerprint density at radius 3 is 2.42 bits per heavy atom. The van der Waals surface area contributed by atoms with Crippen LogP contribution in [0.2, 0.25) is 0 Å². The van der Waals surface area contributed by atoms with Crippen molar-refractivity contribution in [3.63, 3.8) is 0 Å². The minimum atomic E-state index is -0.00155. The van der Waals surface area contributed by atoms with Crippen LogP contribution in [0.4, 0.5) is 0 Å². The molecule has 3 rings (SSSR count). The fraction of sp³-hybridized carbons (Fsp3) is 0.381. The van der Waals surface area contributed by atoms with Crippen LogP contribution in [0.5, 0.6) is 5.75 Å². The molecule has 0 unspecified atom stereocenters. The maximum atomic E-state index is 11.9. The molecule has 138 valence electrons. The summed E-state index contributed by atoms with van der Waals surface area (Å²) in [4.78, 5) is 14.3. The Hall–Kier alpha value is -2.37. The van der Waals surface area contributed by atoms with Gasteiger partial charge in [0.25, 0.3) is 0 Å². The Morgan fingerprint density at radius 2 is 1.69 bits per heavy atom. The molecule has 1 aliphatic rings. The summed E-state index contributed by atoms with van der Waals surface area (Å²) in [7, 11) is 0. The molecule has 0 aromatic heterocycles. The molecule has 1 fully saturated rings. The molecule has 1 aliphatic heterocycles. The van der Waals surface area contributed by atoms with Gasteiger partial charge in [-0.1, -0.05) is 42.5 Å². The average Bonchev–Trinajstić information content (AvgIpc) is 2.69. The number of para-hydroxylation sites is 1. The number of rotatable bonds is 8. The van der Waals surface area contributed by atoms with E-state index in [2.05, 4.69) is 34.5 Å². The van der Waals surface area contributed by atoms with Crippen LogP contribution in [-0.4, -0.2) is 43.7 Å². The second-order valence-corrected chi connectivity index (χ2v) is 6.39. The number of nitrogens with one attached hydrogen (secondary N) is 1. The van der Waals surface area contributed by atoms with Crippen molar-refractivity contribution in [1.82, 2.24) is 10.2 Å². The van der Waals surface area contributed by atoms with Gasteiger partial charge in [-0.2, -0.15) is 0 Å². The van der Waals surface area contributed by atoms with Gasteiger partial charge >= 0.3 is 0 Å². The van der Waals surface area contributed by atoms with Crippen LogP contribution in [-0.2, 0) is 22.6 Å². The highest BCUT2D eigenvalue weighted by Crippen LogP contribution is 2.10. The van der Waals surface area contributed by atoms with Crippen molar-refractivity contribution in [1.29, 1.82) is 0 Å². The van der Waals surface area contributed by atoms with Crippen molar-refractivity contribution < 1.29 is 14.3 Å². The number of ether oxygens (including phenoxy) is 2. The zero-order valence-electron chi connectivity index (χ0n) is 15.0. The van der Waals surface area contributed by atoms with Crippen molar-refractivity contribution in [3.05, 3.63) is 65.7 Å². The van der Waals surface area contributed by atoms with E-state index in [1.807, 2.05) is 30.3 Å². The lowest BCUT2D eigenvalue weighted by Crippen LogP contribution is -2.35. The second-order valence-electron chi connectivity index (χ2n) is 6.39. The molecule has 26 heavy (non-hydrogen) atoms. The lowest BCUT2D eigenvalue weighted by Gasteiger charge is -2.26. The van der Waals surface area contributed by atoms with Gasteiger partial charge in [-0.05, 0) is 23.3 Å². The number of hydrogen-bond donors (Lipinski definition) is 1. The van der Waals surface area contributed by atoms with E-state index in [9.17, 15) is 4.79 Å². The van der Waals surface area contributed by atoms with Crippen LogP contribution >= 0.6 is 0 Å². The molecule has 2 aromatic rings. The van der Waals surface area contributed by atoms with E-state index >= 15 is 0 Å². The third kappa shape index (κ3) is 6.17. The highest BCUT2D eigenvalue weighted by Gasteiger charge is 2.10. The van der Waals surface area contributed by atoms with E-state index in [0.29, 0.717) is 19.6 Å². The number of nitrogens with zero attached hydrogens (tertiary/aromatic N) is 1. The predicted molar refractivity (Wildman–Crippen MR) is 101 cm³/mol. The molecule has 0 aliphatic carbocycles. The third-order valence-electron chi connectivity index (χ3n) is 4.36.